The van der Waals surface area contributed by atoms with Crippen LogP contribution in [0, 0.1) is 35.0 Å². The molecule has 1 rings (SSSR count). The average molecular weight is 314 g/mol. The largest absolute Gasteiger partial charge is 0.399 e. The van der Waals surface area contributed by atoms with E-state index in [2.05, 4.69) is 17.1 Å². The third kappa shape index (κ3) is 5.26. The number of hydrogen-bond acceptors (Lipinski definition) is 3. The average Bonchev–Trinajstić information content (AvgIpc) is 2.46. The Balaban J connectivity index is 2.74. The fourth-order valence-corrected chi connectivity index (χ4v) is 3.13. The highest BCUT2D eigenvalue weighted by atomic mass is 19.4. The van der Waals surface area contributed by atoms with Gasteiger partial charge in [-0.15, -0.1) is 12.3 Å². The molecule has 0 aromatic heterocycles. The molecule has 1 saturated carbocycles. The zero-order valence-electron chi connectivity index (χ0n) is 12.7. The van der Waals surface area contributed by atoms with Crippen LogP contribution in [0.15, 0.2) is 5.16 Å². The summed E-state index contributed by atoms with van der Waals surface area (Å²) in [6.45, 7) is 0. The first kappa shape index (κ1) is 18.4. The maximum absolute atomic E-state index is 12.3. The van der Waals surface area contributed by atoms with E-state index >= 15 is 0 Å². The molecule has 0 spiro atoms. The van der Waals surface area contributed by atoms with Crippen LogP contribution in [0.4, 0.5) is 13.2 Å². The minimum Gasteiger partial charge on any atom is -0.399 e. The molecule has 1 unspecified atom stereocenters. The molecule has 122 valence electrons. The Labute approximate surface area is 129 Å². The number of terminal acetylenes is 1. The number of alkyl halides is 3. The topological polar surface area (TPSA) is 45.4 Å². The SMILES string of the molecule is C#CCC(C#N)(CCCC(F)(F)F)C1CCC(=NOC)CC1. The van der Waals surface area contributed by atoms with Crippen molar-refractivity contribution in [3.63, 3.8) is 0 Å². The molecule has 0 N–H and O–H groups in total. The number of nitrogens with zero attached hydrogens (tertiary/aromatic N) is 2. The molecule has 6 heteroatoms. The summed E-state index contributed by atoms with van der Waals surface area (Å²) in [4.78, 5) is 4.74. The standard InChI is InChI=1S/C16H21F3N2O/c1-3-9-15(12-20,10-4-11-16(17,18)19)13-5-7-14(8-6-13)21-22-2/h1,13H,4-11H2,2H3. The van der Waals surface area contributed by atoms with Crippen LogP contribution >= 0.6 is 0 Å². The zero-order chi connectivity index (χ0) is 16.6. The van der Waals surface area contributed by atoms with Gasteiger partial charge in [0.25, 0.3) is 0 Å². The number of hydrogen-bond donors (Lipinski definition) is 0. The predicted molar refractivity (Wildman–Crippen MR) is 77.8 cm³/mol. The van der Waals surface area contributed by atoms with E-state index in [9.17, 15) is 18.4 Å². The zero-order valence-corrected chi connectivity index (χ0v) is 12.7. The van der Waals surface area contributed by atoms with Crippen molar-refractivity contribution in [2.24, 2.45) is 16.5 Å². The Kier molecular flexibility index (Phi) is 6.74. The van der Waals surface area contributed by atoms with Gasteiger partial charge in [-0.1, -0.05) is 5.16 Å². The van der Waals surface area contributed by atoms with E-state index in [1.807, 2.05) is 0 Å². The fraction of sp³-hybridized carbons (Fsp3) is 0.750. The number of halogens is 3. The highest BCUT2D eigenvalue weighted by molar-refractivity contribution is 5.84. The molecular weight excluding hydrogens is 293 g/mol. The van der Waals surface area contributed by atoms with Gasteiger partial charge in [-0.3, -0.25) is 0 Å². The molecule has 0 radical (unpaired) electrons. The lowest BCUT2D eigenvalue weighted by molar-refractivity contribution is -0.136. The van der Waals surface area contributed by atoms with E-state index in [1.165, 1.54) is 7.11 Å². The fourth-order valence-electron chi connectivity index (χ4n) is 3.13. The van der Waals surface area contributed by atoms with Crippen molar-refractivity contribution in [1.29, 1.82) is 5.26 Å². The van der Waals surface area contributed by atoms with Gasteiger partial charge in [0.05, 0.1) is 17.2 Å². The third-order valence-corrected chi connectivity index (χ3v) is 4.29. The molecule has 0 aromatic rings. The maximum atomic E-state index is 12.3. The summed E-state index contributed by atoms with van der Waals surface area (Å²) in [5.41, 5.74) is 0.0695. The highest BCUT2D eigenvalue weighted by Crippen LogP contribution is 2.44. The van der Waals surface area contributed by atoms with Crippen LogP contribution in [0.25, 0.3) is 0 Å². The second kappa shape index (κ2) is 8.08. The first-order chi connectivity index (χ1) is 10.4. The van der Waals surface area contributed by atoms with Gasteiger partial charge >= 0.3 is 6.18 Å². The van der Waals surface area contributed by atoms with Crippen molar-refractivity contribution in [3.05, 3.63) is 0 Å². The molecule has 0 saturated heterocycles. The number of rotatable bonds is 6. The Hall–Kier alpha value is -1.69. The van der Waals surface area contributed by atoms with Crippen LogP contribution < -0.4 is 0 Å². The van der Waals surface area contributed by atoms with Gasteiger partial charge in [0, 0.05) is 12.8 Å². The van der Waals surface area contributed by atoms with Crippen molar-refractivity contribution in [1.82, 2.24) is 0 Å². The van der Waals surface area contributed by atoms with Crippen LogP contribution in [0.3, 0.4) is 0 Å². The molecule has 0 aliphatic heterocycles. The Morgan fingerprint density at radius 3 is 2.41 bits per heavy atom. The van der Waals surface area contributed by atoms with E-state index in [1.54, 1.807) is 0 Å². The van der Waals surface area contributed by atoms with Gasteiger partial charge in [-0.05, 0) is 44.4 Å². The summed E-state index contributed by atoms with van der Waals surface area (Å²) >= 11 is 0. The van der Waals surface area contributed by atoms with Gasteiger partial charge < -0.3 is 4.84 Å². The minimum atomic E-state index is -4.19. The summed E-state index contributed by atoms with van der Waals surface area (Å²) in [7, 11) is 1.48. The third-order valence-electron chi connectivity index (χ3n) is 4.29. The molecule has 3 nitrogen and oxygen atoms in total. The van der Waals surface area contributed by atoms with Crippen molar-refractivity contribution >= 4 is 5.71 Å². The first-order valence-electron chi connectivity index (χ1n) is 7.37. The lowest BCUT2D eigenvalue weighted by Crippen LogP contribution is -2.33. The Morgan fingerprint density at radius 2 is 1.95 bits per heavy atom. The first-order valence-corrected chi connectivity index (χ1v) is 7.37. The quantitative estimate of drug-likeness (QED) is 0.537. The molecule has 1 aliphatic carbocycles. The van der Waals surface area contributed by atoms with E-state index in [-0.39, 0.29) is 25.2 Å². The van der Waals surface area contributed by atoms with Gasteiger partial charge in [0.2, 0.25) is 0 Å². The second-order valence-electron chi connectivity index (χ2n) is 5.73. The van der Waals surface area contributed by atoms with E-state index < -0.39 is 18.0 Å². The van der Waals surface area contributed by atoms with Crippen LogP contribution in [-0.4, -0.2) is 19.0 Å². The van der Waals surface area contributed by atoms with Crippen LogP contribution in [0.2, 0.25) is 0 Å². The van der Waals surface area contributed by atoms with E-state index in [0.717, 1.165) is 5.71 Å². The lowest BCUT2D eigenvalue weighted by atomic mass is 9.65. The molecule has 1 aliphatic rings. The summed E-state index contributed by atoms with van der Waals surface area (Å²) in [6, 6.07) is 2.24. The molecule has 1 atom stereocenters. The Morgan fingerprint density at radius 1 is 1.32 bits per heavy atom. The molecule has 0 heterocycles. The highest BCUT2D eigenvalue weighted by Gasteiger charge is 2.40. The molecule has 22 heavy (non-hydrogen) atoms. The molecule has 0 aromatic carbocycles. The summed E-state index contributed by atoms with van der Waals surface area (Å²) in [5.74, 6) is 2.49. The number of oxime groups is 1. The van der Waals surface area contributed by atoms with Crippen molar-refractivity contribution in [2.75, 3.05) is 7.11 Å². The van der Waals surface area contributed by atoms with Gasteiger partial charge in [0.1, 0.15) is 7.11 Å². The maximum Gasteiger partial charge on any atom is 0.389 e. The van der Waals surface area contributed by atoms with Gasteiger partial charge in [-0.2, -0.15) is 18.4 Å². The summed E-state index contributed by atoms with van der Waals surface area (Å²) in [5, 5.41) is 13.5. The van der Waals surface area contributed by atoms with E-state index in [0.29, 0.717) is 25.7 Å². The van der Waals surface area contributed by atoms with Gasteiger partial charge in [0.15, 0.2) is 0 Å². The van der Waals surface area contributed by atoms with Crippen LogP contribution in [0.5, 0.6) is 0 Å². The van der Waals surface area contributed by atoms with Crippen molar-refractivity contribution in [2.45, 2.75) is 57.5 Å². The predicted octanol–water partition coefficient (Wildman–Crippen LogP) is 4.44. The van der Waals surface area contributed by atoms with Crippen molar-refractivity contribution < 1.29 is 18.0 Å². The van der Waals surface area contributed by atoms with Crippen LogP contribution in [-0.2, 0) is 4.84 Å². The number of nitriles is 1. The van der Waals surface area contributed by atoms with Gasteiger partial charge in [-0.25, -0.2) is 0 Å². The van der Waals surface area contributed by atoms with Crippen LogP contribution in [0.1, 0.15) is 51.4 Å². The molecule has 1 fully saturated rings. The molecule has 0 amide bonds. The van der Waals surface area contributed by atoms with Crippen molar-refractivity contribution in [3.8, 4) is 18.4 Å². The minimum absolute atomic E-state index is 0.0117. The smallest absolute Gasteiger partial charge is 0.389 e. The monoisotopic (exact) mass is 314 g/mol. The molecular formula is C16H21F3N2O. The summed E-state index contributed by atoms with van der Waals surface area (Å²) in [6.07, 6.45) is 3.45. The molecule has 0 bridgehead atoms. The second-order valence-corrected chi connectivity index (χ2v) is 5.73. The normalized spacial score (nSPS) is 21.4. The lowest BCUT2D eigenvalue weighted by Gasteiger charge is -2.36. The summed E-state index contributed by atoms with van der Waals surface area (Å²) < 4.78 is 37.0. The Bertz CT molecular complexity index is 463. The van der Waals surface area contributed by atoms with E-state index in [4.69, 9.17) is 11.3 Å².